The Bertz CT molecular complexity index is 44.1. The fraction of sp³-hybridized carbons (Fsp3) is 0.500. The van der Waals surface area contributed by atoms with Crippen LogP contribution in [0.15, 0.2) is 0 Å². The van der Waals surface area contributed by atoms with Gasteiger partial charge in [0, 0.05) is 6.92 Å². The summed E-state index contributed by atoms with van der Waals surface area (Å²) in [7, 11) is 0. The molecule has 0 aromatic heterocycles. The summed E-state index contributed by atoms with van der Waals surface area (Å²) in [4.78, 5) is 12.1. The Labute approximate surface area is 78.0 Å². The van der Waals surface area contributed by atoms with Crippen molar-refractivity contribution in [1.29, 1.82) is 0 Å². The first kappa shape index (κ1) is 10.1. The van der Waals surface area contributed by atoms with E-state index in [1.165, 1.54) is 0 Å². The van der Waals surface area contributed by atoms with E-state index < -0.39 is 5.97 Å². The largest absolute Gasteiger partial charge is 1.00 e. The van der Waals surface area contributed by atoms with Gasteiger partial charge in [0.05, 0.1) is 0 Å². The third-order valence-corrected chi connectivity index (χ3v) is 0.117. The van der Waals surface area contributed by atoms with Crippen LogP contribution in [0, 0.1) is 0 Å². The number of carbonyl (C=O) groups is 1. The third kappa shape index (κ3) is 8.91. The number of rotatable bonds is 0. The van der Waals surface area contributed by atoms with E-state index in [-0.39, 0.29) is 51.4 Å². The van der Waals surface area contributed by atoms with Crippen molar-refractivity contribution in [2.75, 3.05) is 0 Å². The van der Waals surface area contributed by atoms with Crippen LogP contribution in [0.3, 0.4) is 0 Å². The smallest absolute Gasteiger partial charge is 0.662 e. The molecule has 0 spiro atoms. The average molecular weight is 114 g/mol. The van der Waals surface area contributed by atoms with Gasteiger partial charge in [-0.2, -0.15) is 0 Å². The molecule has 0 aliphatic carbocycles. The standard InChI is InChI=1S/C2H4O3.K/c1-2(3)5-4;/h4H,1H3;/q;+1/p-1. The molecule has 30 valence electrons. The first-order chi connectivity index (χ1) is 2.27. The van der Waals surface area contributed by atoms with E-state index in [9.17, 15) is 4.79 Å². The SMILES string of the molecule is CC(=O)O[O-].[K+]. The molecule has 0 bridgehead atoms. The van der Waals surface area contributed by atoms with E-state index in [2.05, 4.69) is 4.89 Å². The van der Waals surface area contributed by atoms with Crippen LogP contribution >= 0.6 is 0 Å². The van der Waals surface area contributed by atoms with E-state index >= 15 is 0 Å². The van der Waals surface area contributed by atoms with Gasteiger partial charge in [-0.15, -0.1) is 0 Å². The predicted octanol–water partition coefficient (Wildman–Crippen LogP) is -4.17. The predicted molar refractivity (Wildman–Crippen MR) is 11.8 cm³/mol. The van der Waals surface area contributed by atoms with Crippen molar-refractivity contribution in [3.63, 3.8) is 0 Å². The van der Waals surface area contributed by atoms with Gasteiger partial charge in [-0.05, 0) is 0 Å². The Kier molecular flexibility index (Phi) is 10.2. The van der Waals surface area contributed by atoms with Gasteiger partial charge in [0.1, 0.15) is 0 Å². The Hall–Kier alpha value is 1.07. The van der Waals surface area contributed by atoms with Crippen molar-refractivity contribution in [1.82, 2.24) is 0 Å². The maximum absolute atomic E-state index is 9.28. The van der Waals surface area contributed by atoms with Gasteiger partial charge >= 0.3 is 51.4 Å². The molecule has 0 saturated heterocycles. The summed E-state index contributed by atoms with van der Waals surface area (Å²) < 4.78 is 0. The van der Waals surface area contributed by atoms with Crippen molar-refractivity contribution in [3.05, 3.63) is 0 Å². The van der Waals surface area contributed by atoms with Crippen LogP contribution < -0.4 is 56.6 Å². The van der Waals surface area contributed by atoms with Crippen LogP contribution in [0.5, 0.6) is 0 Å². The zero-order valence-electron chi connectivity index (χ0n) is 3.72. The van der Waals surface area contributed by atoms with Crippen LogP contribution in [0.4, 0.5) is 0 Å². The minimum atomic E-state index is -0.801. The Morgan fingerprint density at radius 1 is 1.83 bits per heavy atom. The van der Waals surface area contributed by atoms with Crippen LogP contribution in [0.2, 0.25) is 0 Å². The summed E-state index contributed by atoms with van der Waals surface area (Å²) in [5, 5.41) is 8.78. The summed E-state index contributed by atoms with van der Waals surface area (Å²) in [5.41, 5.74) is 0. The molecular weight excluding hydrogens is 111 g/mol. The molecule has 0 unspecified atom stereocenters. The van der Waals surface area contributed by atoms with Gasteiger partial charge in [-0.1, -0.05) is 0 Å². The summed E-state index contributed by atoms with van der Waals surface area (Å²) in [6.45, 7) is 1.05. The molecule has 0 N–H and O–H groups in total. The first-order valence-electron chi connectivity index (χ1n) is 1.07. The molecule has 0 aliphatic heterocycles. The maximum atomic E-state index is 9.28. The molecule has 0 aliphatic rings. The van der Waals surface area contributed by atoms with Crippen molar-refractivity contribution in [2.45, 2.75) is 6.92 Å². The summed E-state index contributed by atoms with van der Waals surface area (Å²) in [6.07, 6.45) is 0. The van der Waals surface area contributed by atoms with Gasteiger partial charge in [0.15, 0.2) is 0 Å². The van der Waals surface area contributed by atoms with E-state index in [1.807, 2.05) is 0 Å². The molecule has 0 aromatic carbocycles. The molecule has 0 fully saturated rings. The zero-order valence-corrected chi connectivity index (χ0v) is 6.85. The number of carbonyl (C=O) groups excluding carboxylic acids is 1. The van der Waals surface area contributed by atoms with Crippen molar-refractivity contribution < 1.29 is 66.3 Å². The second-order valence-electron chi connectivity index (χ2n) is 0.575. The van der Waals surface area contributed by atoms with Gasteiger partial charge in [-0.3, -0.25) is 4.79 Å². The number of hydrogen-bond acceptors (Lipinski definition) is 3. The van der Waals surface area contributed by atoms with Crippen LogP contribution in [0.25, 0.3) is 0 Å². The summed E-state index contributed by atoms with van der Waals surface area (Å²) >= 11 is 0. The second-order valence-corrected chi connectivity index (χ2v) is 0.575. The zero-order chi connectivity index (χ0) is 4.28. The summed E-state index contributed by atoms with van der Waals surface area (Å²) in [6, 6.07) is 0. The molecule has 0 heterocycles. The monoisotopic (exact) mass is 114 g/mol. The van der Waals surface area contributed by atoms with E-state index in [1.54, 1.807) is 0 Å². The van der Waals surface area contributed by atoms with Gasteiger partial charge in [0.2, 0.25) is 0 Å². The third-order valence-electron chi connectivity index (χ3n) is 0.117. The second kappa shape index (κ2) is 6.07. The maximum Gasteiger partial charge on any atom is 1.00 e. The fourth-order valence-electron chi connectivity index (χ4n) is 0. The van der Waals surface area contributed by atoms with E-state index in [4.69, 9.17) is 5.26 Å². The van der Waals surface area contributed by atoms with Gasteiger partial charge in [-0.25, -0.2) is 0 Å². The normalized spacial score (nSPS) is 5.67. The molecule has 0 rings (SSSR count). The van der Waals surface area contributed by atoms with Crippen LogP contribution in [-0.4, -0.2) is 5.97 Å². The molecule has 3 nitrogen and oxygen atoms in total. The molecule has 6 heavy (non-hydrogen) atoms. The molecule has 0 saturated carbocycles. The minimum Gasteiger partial charge on any atom is -0.662 e. The Balaban J connectivity index is 0. The van der Waals surface area contributed by atoms with Gasteiger partial charge < -0.3 is 10.1 Å². The quantitative estimate of drug-likeness (QED) is 0.182. The fourth-order valence-corrected chi connectivity index (χ4v) is 0. The van der Waals surface area contributed by atoms with Gasteiger partial charge in [0.25, 0.3) is 5.97 Å². The topological polar surface area (TPSA) is 49.4 Å². The van der Waals surface area contributed by atoms with Crippen molar-refractivity contribution in [2.24, 2.45) is 0 Å². The molecule has 0 amide bonds. The summed E-state index contributed by atoms with van der Waals surface area (Å²) in [5.74, 6) is -0.801. The van der Waals surface area contributed by atoms with Crippen LogP contribution in [0.1, 0.15) is 6.92 Å². The Morgan fingerprint density at radius 2 is 2.00 bits per heavy atom. The molecular formula is C2H3KO3. The minimum absolute atomic E-state index is 0. The average Bonchev–Trinajstić information content (AvgIpc) is 1.38. The van der Waals surface area contributed by atoms with E-state index in [0.29, 0.717) is 0 Å². The molecule has 0 aromatic rings. The van der Waals surface area contributed by atoms with E-state index in [0.717, 1.165) is 6.92 Å². The molecule has 0 atom stereocenters. The number of hydrogen-bond donors (Lipinski definition) is 0. The molecule has 4 heteroatoms. The molecule has 0 radical (unpaired) electrons. The van der Waals surface area contributed by atoms with Crippen molar-refractivity contribution in [3.8, 4) is 0 Å². The Morgan fingerprint density at radius 3 is 2.00 bits per heavy atom. The first-order valence-corrected chi connectivity index (χ1v) is 1.07. The van der Waals surface area contributed by atoms with Crippen molar-refractivity contribution >= 4 is 5.97 Å². The van der Waals surface area contributed by atoms with Crippen LogP contribution in [-0.2, 0) is 9.68 Å².